The zero-order chi connectivity index (χ0) is 17.3. The highest BCUT2D eigenvalue weighted by molar-refractivity contribution is 7.99. The molecule has 4 aliphatic rings. The Morgan fingerprint density at radius 3 is 2.04 bits per heavy atom. The highest BCUT2D eigenvalue weighted by atomic mass is 32.2. The van der Waals surface area contributed by atoms with Crippen LogP contribution in [0.25, 0.3) is 0 Å². The molecule has 4 rings (SSSR count). The summed E-state index contributed by atoms with van der Waals surface area (Å²) in [5, 5.41) is 11.6. The van der Waals surface area contributed by atoms with Crippen LogP contribution in [0.1, 0.15) is 57.8 Å². The number of nitrogens with zero attached hydrogens (tertiary/aromatic N) is 1. The summed E-state index contributed by atoms with van der Waals surface area (Å²) >= 11 is 2.05. The van der Waals surface area contributed by atoms with Gasteiger partial charge in [-0.3, -0.25) is 0 Å². The first-order valence-electron chi connectivity index (χ1n) is 10.5. The quantitative estimate of drug-likeness (QED) is 0.612. The molecule has 2 saturated heterocycles. The predicted molar refractivity (Wildman–Crippen MR) is 100 cm³/mol. The number of aliphatic hydroxyl groups is 1. The minimum atomic E-state index is -1.21. The molecule has 4 nitrogen and oxygen atoms in total. The van der Waals surface area contributed by atoms with Crippen molar-refractivity contribution in [3.63, 3.8) is 0 Å². The predicted octanol–water partition coefficient (Wildman–Crippen LogP) is 2.98. The van der Waals surface area contributed by atoms with Crippen LogP contribution in [-0.4, -0.2) is 64.9 Å². The maximum atomic E-state index is 13.2. The molecule has 2 heterocycles. The maximum Gasteiger partial charge on any atom is 0.339 e. The second-order valence-corrected chi connectivity index (χ2v) is 10.1. The van der Waals surface area contributed by atoms with Gasteiger partial charge in [0.15, 0.2) is 11.7 Å². The van der Waals surface area contributed by atoms with Gasteiger partial charge in [0.2, 0.25) is 0 Å². The molecule has 0 radical (unpaired) electrons. The van der Waals surface area contributed by atoms with E-state index >= 15 is 0 Å². The Hall–Kier alpha value is -0.260. The zero-order valence-corrected chi connectivity index (χ0v) is 16.3. The number of hydrogen-bond donors (Lipinski definition) is 1. The number of hydrogen-bond acceptors (Lipinski definition) is 4. The fourth-order valence-electron chi connectivity index (χ4n) is 5.91. The van der Waals surface area contributed by atoms with Gasteiger partial charge in [-0.25, -0.2) is 4.79 Å². The lowest BCUT2D eigenvalue weighted by Gasteiger charge is -2.39. The van der Waals surface area contributed by atoms with Crippen LogP contribution < -0.4 is 0 Å². The molecule has 2 aliphatic carbocycles. The minimum absolute atomic E-state index is 0.0185. The molecular formula is C20H34NO3S+. The van der Waals surface area contributed by atoms with E-state index < -0.39 is 5.60 Å². The summed E-state index contributed by atoms with van der Waals surface area (Å²) in [6, 6.07) is 0. The molecule has 2 aliphatic heterocycles. The van der Waals surface area contributed by atoms with E-state index in [9.17, 15) is 9.90 Å². The standard InChI is InChI=1S/C20H34NO3S/c22-19(24-18-9-10-21(15-18)11-13-25-14-12-21)20(23,16-5-1-2-6-16)17-7-3-4-8-17/h16-18,23H,1-15H2/q+1. The summed E-state index contributed by atoms with van der Waals surface area (Å²) < 4.78 is 7.15. The molecule has 25 heavy (non-hydrogen) atoms. The molecule has 142 valence electrons. The van der Waals surface area contributed by atoms with Gasteiger partial charge in [-0.2, -0.15) is 11.8 Å². The number of ether oxygens (including phenoxy) is 1. The highest BCUT2D eigenvalue weighted by Gasteiger charge is 2.53. The molecule has 1 N–H and O–H groups in total. The molecular weight excluding hydrogens is 334 g/mol. The normalized spacial score (nSPS) is 31.0. The third-order valence-electron chi connectivity index (χ3n) is 7.49. The van der Waals surface area contributed by atoms with Crippen molar-refractivity contribution in [2.45, 2.75) is 69.5 Å². The van der Waals surface area contributed by atoms with Crippen molar-refractivity contribution in [2.24, 2.45) is 11.8 Å². The fourth-order valence-corrected chi connectivity index (χ4v) is 7.15. The summed E-state index contributed by atoms with van der Waals surface area (Å²) in [6.45, 7) is 4.55. The van der Waals surface area contributed by atoms with Gasteiger partial charge in [0.05, 0.1) is 19.6 Å². The van der Waals surface area contributed by atoms with Crippen molar-refractivity contribution >= 4 is 17.7 Å². The van der Waals surface area contributed by atoms with Crippen molar-refractivity contribution in [3.8, 4) is 0 Å². The van der Waals surface area contributed by atoms with Crippen LogP contribution >= 0.6 is 11.8 Å². The van der Waals surface area contributed by atoms with E-state index in [0.29, 0.717) is 0 Å². The van der Waals surface area contributed by atoms with Gasteiger partial charge >= 0.3 is 5.97 Å². The second kappa shape index (κ2) is 7.40. The lowest BCUT2D eigenvalue weighted by molar-refractivity contribution is -0.914. The van der Waals surface area contributed by atoms with Crippen molar-refractivity contribution in [3.05, 3.63) is 0 Å². The van der Waals surface area contributed by atoms with Gasteiger partial charge in [0.25, 0.3) is 0 Å². The lowest BCUT2D eigenvalue weighted by atomic mass is 9.75. The van der Waals surface area contributed by atoms with E-state index in [1.54, 1.807) is 0 Å². The Labute approximate surface area is 156 Å². The molecule has 0 bridgehead atoms. The third-order valence-corrected chi connectivity index (χ3v) is 8.43. The summed E-state index contributed by atoms with van der Waals surface area (Å²) in [4.78, 5) is 13.2. The SMILES string of the molecule is O=C(OC1CC[N+]2(CCSCC2)C1)C(O)(C1CCCC1)C1CCCC1. The average molecular weight is 369 g/mol. The number of quaternary nitrogens is 1. The van der Waals surface area contributed by atoms with Crippen molar-refractivity contribution < 1.29 is 19.1 Å². The second-order valence-electron chi connectivity index (χ2n) is 8.91. The van der Waals surface area contributed by atoms with Gasteiger partial charge in [-0.1, -0.05) is 25.7 Å². The number of carbonyl (C=O) groups is 1. The number of thioether (sulfide) groups is 1. The highest BCUT2D eigenvalue weighted by Crippen LogP contribution is 2.45. The summed E-state index contributed by atoms with van der Waals surface area (Å²) in [5.41, 5.74) is -1.21. The number of rotatable bonds is 4. The van der Waals surface area contributed by atoms with Gasteiger partial charge in [-0.15, -0.1) is 0 Å². The molecule has 1 atom stereocenters. The fraction of sp³-hybridized carbons (Fsp3) is 0.950. The first-order chi connectivity index (χ1) is 12.1. The largest absolute Gasteiger partial charge is 0.454 e. The minimum Gasteiger partial charge on any atom is -0.454 e. The zero-order valence-electron chi connectivity index (χ0n) is 15.5. The lowest BCUT2D eigenvalue weighted by Crippen LogP contribution is -2.54. The van der Waals surface area contributed by atoms with E-state index in [1.807, 2.05) is 11.8 Å². The summed E-state index contributed by atoms with van der Waals surface area (Å²) in [7, 11) is 0. The van der Waals surface area contributed by atoms with E-state index in [0.717, 1.165) is 75.4 Å². The number of esters is 1. The van der Waals surface area contributed by atoms with Gasteiger partial charge in [-0.05, 0) is 37.5 Å². The number of carbonyl (C=O) groups excluding carboxylic acids is 1. The van der Waals surface area contributed by atoms with Crippen LogP contribution in [0.3, 0.4) is 0 Å². The molecule has 4 fully saturated rings. The van der Waals surface area contributed by atoms with Gasteiger partial charge in [0, 0.05) is 17.9 Å². The van der Waals surface area contributed by atoms with Crippen molar-refractivity contribution in [1.82, 2.24) is 0 Å². The molecule has 1 unspecified atom stereocenters. The molecule has 0 aromatic rings. The topological polar surface area (TPSA) is 46.5 Å². The van der Waals surface area contributed by atoms with E-state index in [1.165, 1.54) is 24.6 Å². The molecule has 1 spiro atoms. The third kappa shape index (κ3) is 3.49. The van der Waals surface area contributed by atoms with E-state index in [4.69, 9.17) is 4.74 Å². The van der Waals surface area contributed by atoms with Crippen molar-refractivity contribution in [1.29, 1.82) is 0 Å². The van der Waals surface area contributed by atoms with Gasteiger partial charge in [0.1, 0.15) is 6.54 Å². The van der Waals surface area contributed by atoms with Crippen LogP contribution in [0, 0.1) is 11.8 Å². The molecule has 2 saturated carbocycles. The Bertz CT molecular complexity index is 463. The molecule has 0 amide bonds. The Kier molecular flexibility index (Phi) is 5.36. The van der Waals surface area contributed by atoms with Crippen molar-refractivity contribution in [2.75, 3.05) is 37.7 Å². The molecule has 0 aromatic carbocycles. The van der Waals surface area contributed by atoms with E-state index in [-0.39, 0.29) is 23.9 Å². The summed E-state index contributed by atoms with van der Waals surface area (Å²) in [5.74, 6) is 2.43. The first-order valence-corrected chi connectivity index (χ1v) is 11.6. The van der Waals surface area contributed by atoms with Crippen LogP contribution in [0.2, 0.25) is 0 Å². The molecule has 5 heteroatoms. The average Bonchev–Trinajstić information content (AvgIpc) is 3.38. The Morgan fingerprint density at radius 2 is 1.48 bits per heavy atom. The van der Waals surface area contributed by atoms with Crippen LogP contribution in [0.15, 0.2) is 0 Å². The molecule has 0 aromatic heterocycles. The summed E-state index contributed by atoms with van der Waals surface area (Å²) in [6.07, 6.45) is 9.54. The Morgan fingerprint density at radius 1 is 0.920 bits per heavy atom. The monoisotopic (exact) mass is 368 g/mol. The first kappa shape index (κ1) is 18.1. The maximum absolute atomic E-state index is 13.2. The smallest absolute Gasteiger partial charge is 0.339 e. The van der Waals surface area contributed by atoms with Crippen LogP contribution in [-0.2, 0) is 9.53 Å². The Balaban J connectivity index is 1.44. The van der Waals surface area contributed by atoms with Crippen LogP contribution in [0.4, 0.5) is 0 Å². The van der Waals surface area contributed by atoms with Crippen LogP contribution in [0.5, 0.6) is 0 Å². The van der Waals surface area contributed by atoms with Gasteiger partial charge < -0.3 is 14.3 Å². The van der Waals surface area contributed by atoms with E-state index in [2.05, 4.69) is 0 Å².